The van der Waals surface area contributed by atoms with Gasteiger partial charge >= 0.3 is 0 Å². The molecule has 0 unspecified atom stereocenters. The Morgan fingerprint density at radius 1 is 0.455 bits per heavy atom. The van der Waals surface area contributed by atoms with Crippen LogP contribution < -0.4 is 0 Å². The number of hydrogen-bond donors (Lipinski definition) is 0. The van der Waals surface area contributed by atoms with Crippen molar-refractivity contribution >= 4 is 52.2 Å². The molecule has 2 heterocycles. The summed E-state index contributed by atoms with van der Waals surface area (Å²) in [5.74, 6) is 25.1. The van der Waals surface area contributed by atoms with E-state index < -0.39 is 0 Å². The molecule has 2 aromatic heterocycles. The molecule has 2 heteroatoms. The Morgan fingerprint density at radius 2 is 0.909 bits per heavy atom. The molecule has 0 N–H and O–H groups in total. The van der Waals surface area contributed by atoms with Crippen LogP contribution in [0.15, 0.2) is 97.1 Å². The summed E-state index contributed by atoms with van der Waals surface area (Å²) in [5.41, 5.74) is 4.83. The second-order valence-corrected chi connectivity index (χ2v) is 12.9. The van der Waals surface area contributed by atoms with Gasteiger partial charge in [0.25, 0.3) is 0 Å². The summed E-state index contributed by atoms with van der Waals surface area (Å²) < 4.78 is 5.24. The fraction of sp³-hybridized carbons (Fsp3) is 0.190. The standard InChI is InChI=1S/C42H32S2/c1(5-11-19-33-21-15-9-16-22-33)3-7-13-25-35-27-29-37-39(31-35)43-42-38-30-28-36(32-40(38)44-41(37)42)26-14-8-4-2-6-12-20-34-23-17-10-18-24-34/h9-10,15-18,21-24,27-32H,1-2,5-6,11-12,19-20H2. The van der Waals surface area contributed by atoms with Crippen molar-refractivity contribution in [1.82, 2.24) is 0 Å². The van der Waals surface area contributed by atoms with Crippen molar-refractivity contribution < 1.29 is 0 Å². The van der Waals surface area contributed by atoms with E-state index in [2.05, 4.69) is 144 Å². The normalized spacial score (nSPS) is 10.3. The summed E-state index contributed by atoms with van der Waals surface area (Å²) in [4.78, 5) is 0. The van der Waals surface area contributed by atoms with Gasteiger partial charge in [-0.1, -0.05) is 96.5 Å². The van der Waals surface area contributed by atoms with Crippen LogP contribution in [0.25, 0.3) is 29.6 Å². The average Bonchev–Trinajstić information content (AvgIpc) is 3.59. The van der Waals surface area contributed by atoms with Crippen LogP contribution >= 0.6 is 22.7 Å². The molecular weight excluding hydrogens is 569 g/mol. The van der Waals surface area contributed by atoms with Crippen LogP contribution in [0, 0.1) is 47.4 Å². The molecule has 0 saturated heterocycles. The minimum atomic E-state index is 0.894. The van der Waals surface area contributed by atoms with Crippen molar-refractivity contribution in [1.29, 1.82) is 0 Å². The van der Waals surface area contributed by atoms with Crippen LogP contribution in [0.1, 0.15) is 60.8 Å². The van der Waals surface area contributed by atoms with Crippen LogP contribution in [0.3, 0.4) is 0 Å². The smallest absolute Gasteiger partial charge is 0.0542 e. The van der Waals surface area contributed by atoms with E-state index in [0.717, 1.165) is 62.5 Å². The lowest BCUT2D eigenvalue weighted by molar-refractivity contribution is 0.756. The largest absolute Gasteiger partial charge is 0.134 e. The highest BCUT2D eigenvalue weighted by Crippen LogP contribution is 2.44. The lowest BCUT2D eigenvalue weighted by Crippen LogP contribution is -1.83. The average molecular weight is 601 g/mol. The first-order valence-electron chi connectivity index (χ1n) is 15.3. The predicted molar refractivity (Wildman–Crippen MR) is 192 cm³/mol. The molecule has 212 valence electrons. The third-order valence-corrected chi connectivity index (χ3v) is 10.0. The third-order valence-electron chi connectivity index (χ3n) is 7.52. The molecule has 0 atom stereocenters. The SMILES string of the molecule is C(C#Cc1ccc2c(c1)sc1c3ccc(C#CC#CCCCCc4ccccc4)cc3sc21)#CCCCCc1ccccc1. The highest BCUT2D eigenvalue weighted by molar-refractivity contribution is 7.36. The van der Waals surface area contributed by atoms with Gasteiger partial charge in [-0.25, -0.2) is 0 Å². The van der Waals surface area contributed by atoms with E-state index in [1.165, 1.54) is 40.7 Å². The Bertz CT molecular complexity index is 1970. The van der Waals surface area contributed by atoms with Crippen molar-refractivity contribution in [3.63, 3.8) is 0 Å². The fourth-order valence-corrected chi connectivity index (χ4v) is 7.94. The Balaban J connectivity index is 1.03. The van der Waals surface area contributed by atoms with Crippen LogP contribution in [0.5, 0.6) is 0 Å². The van der Waals surface area contributed by atoms with E-state index >= 15 is 0 Å². The van der Waals surface area contributed by atoms with Gasteiger partial charge in [-0.2, -0.15) is 0 Å². The van der Waals surface area contributed by atoms with E-state index in [1.807, 2.05) is 22.7 Å². The Morgan fingerprint density at radius 3 is 1.36 bits per heavy atom. The topological polar surface area (TPSA) is 0 Å². The second-order valence-electron chi connectivity index (χ2n) is 10.8. The number of unbranched alkanes of at least 4 members (excludes halogenated alkanes) is 4. The van der Waals surface area contributed by atoms with Crippen molar-refractivity contribution in [3.05, 3.63) is 119 Å². The van der Waals surface area contributed by atoms with Crippen molar-refractivity contribution in [2.24, 2.45) is 0 Å². The number of benzene rings is 4. The van der Waals surface area contributed by atoms with Crippen LogP contribution in [0.2, 0.25) is 0 Å². The van der Waals surface area contributed by atoms with E-state index in [1.54, 1.807) is 0 Å². The van der Waals surface area contributed by atoms with Gasteiger partial charge in [0, 0.05) is 44.1 Å². The quantitative estimate of drug-likeness (QED) is 0.120. The molecule has 6 rings (SSSR count). The molecule has 0 fully saturated rings. The molecule has 0 amide bonds. The molecule has 0 spiro atoms. The number of fused-ring (bicyclic) bond motifs is 5. The van der Waals surface area contributed by atoms with Gasteiger partial charge < -0.3 is 0 Å². The summed E-state index contributed by atoms with van der Waals surface area (Å²) in [5, 5.41) is 2.60. The van der Waals surface area contributed by atoms with Gasteiger partial charge in [-0.05, 0) is 97.6 Å². The molecule has 0 bridgehead atoms. The zero-order valence-corrected chi connectivity index (χ0v) is 26.3. The predicted octanol–water partition coefficient (Wildman–Crippen LogP) is 10.8. The highest BCUT2D eigenvalue weighted by Gasteiger charge is 2.12. The van der Waals surface area contributed by atoms with Gasteiger partial charge in [-0.15, -0.1) is 22.7 Å². The van der Waals surface area contributed by atoms with Crippen LogP contribution in [-0.2, 0) is 12.8 Å². The Labute approximate surface area is 269 Å². The van der Waals surface area contributed by atoms with Gasteiger partial charge in [0.1, 0.15) is 0 Å². The lowest BCUT2D eigenvalue weighted by atomic mass is 10.1. The molecular formula is C42H32S2. The number of hydrogen-bond acceptors (Lipinski definition) is 2. The molecule has 0 nitrogen and oxygen atoms in total. The van der Waals surface area contributed by atoms with E-state index in [-0.39, 0.29) is 0 Å². The first kappa shape index (κ1) is 29.4. The minimum absolute atomic E-state index is 0.894. The van der Waals surface area contributed by atoms with Gasteiger partial charge in [0.2, 0.25) is 0 Å². The van der Waals surface area contributed by atoms with E-state index in [9.17, 15) is 0 Å². The van der Waals surface area contributed by atoms with Crippen molar-refractivity contribution in [2.75, 3.05) is 0 Å². The van der Waals surface area contributed by atoms with Gasteiger partial charge in [0.05, 0.1) is 9.40 Å². The molecule has 0 aliphatic carbocycles. The molecule has 44 heavy (non-hydrogen) atoms. The molecule has 0 aliphatic rings. The molecule has 0 saturated carbocycles. The van der Waals surface area contributed by atoms with Gasteiger partial charge in [-0.3, -0.25) is 0 Å². The fourth-order valence-electron chi connectivity index (χ4n) is 5.21. The van der Waals surface area contributed by atoms with Gasteiger partial charge in [0.15, 0.2) is 0 Å². The third kappa shape index (κ3) is 7.82. The molecule has 4 aromatic carbocycles. The monoisotopic (exact) mass is 600 g/mol. The maximum Gasteiger partial charge on any atom is 0.0542 e. The zero-order chi connectivity index (χ0) is 29.8. The number of aryl methyl sites for hydroxylation is 2. The first-order chi connectivity index (χ1) is 21.8. The summed E-state index contributed by atoms with van der Waals surface area (Å²) >= 11 is 3.69. The van der Waals surface area contributed by atoms with E-state index in [4.69, 9.17) is 0 Å². The van der Waals surface area contributed by atoms with Crippen LogP contribution in [0.4, 0.5) is 0 Å². The molecule has 6 aromatic rings. The maximum atomic E-state index is 3.24. The van der Waals surface area contributed by atoms with Crippen LogP contribution in [-0.4, -0.2) is 0 Å². The number of thiophene rings is 2. The highest BCUT2D eigenvalue weighted by atomic mass is 32.1. The lowest BCUT2D eigenvalue weighted by Gasteiger charge is -1.98. The Hall–Kier alpha value is -4.70. The summed E-state index contributed by atoms with van der Waals surface area (Å²) in [6.45, 7) is 0. The summed E-state index contributed by atoms with van der Waals surface area (Å²) in [6, 6.07) is 34.3. The Kier molecular flexibility index (Phi) is 10.1. The second kappa shape index (κ2) is 15.2. The first-order valence-corrected chi connectivity index (χ1v) is 16.9. The van der Waals surface area contributed by atoms with Crippen molar-refractivity contribution in [2.45, 2.75) is 51.4 Å². The summed E-state index contributed by atoms with van der Waals surface area (Å²) in [6.07, 6.45) is 8.54. The maximum absolute atomic E-state index is 3.24. The summed E-state index contributed by atoms with van der Waals surface area (Å²) in [7, 11) is 0. The number of rotatable bonds is 8. The molecule has 0 aliphatic heterocycles. The molecule has 0 radical (unpaired) electrons. The van der Waals surface area contributed by atoms with Crippen molar-refractivity contribution in [3.8, 4) is 47.4 Å². The minimum Gasteiger partial charge on any atom is -0.134 e. The zero-order valence-electron chi connectivity index (χ0n) is 24.7. The van der Waals surface area contributed by atoms with E-state index in [0.29, 0.717) is 0 Å².